The molecule has 0 radical (unpaired) electrons. The molecule has 3 aromatic rings. The van der Waals surface area contributed by atoms with Gasteiger partial charge in [0.25, 0.3) is 5.91 Å². The Morgan fingerprint density at radius 2 is 2.00 bits per heavy atom. The molecule has 0 saturated carbocycles. The quantitative estimate of drug-likeness (QED) is 0.654. The summed E-state index contributed by atoms with van der Waals surface area (Å²) in [6.45, 7) is 5.31. The minimum Gasteiger partial charge on any atom is -0.337 e. The third-order valence-corrected chi connectivity index (χ3v) is 5.69. The van der Waals surface area contributed by atoms with Crippen molar-refractivity contribution in [1.82, 2.24) is 20.1 Å². The van der Waals surface area contributed by atoms with Gasteiger partial charge in [-0.15, -0.1) is 0 Å². The summed E-state index contributed by atoms with van der Waals surface area (Å²) in [5.74, 6) is 0.0314. The lowest BCUT2D eigenvalue weighted by atomic mass is 9.96. The summed E-state index contributed by atoms with van der Waals surface area (Å²) in [6, 6.07) is 13.4. The molecule has 0 aliphatic carbocycles. The smallest absolute Gasteiger partial charge is 0.271 e. The first kappa shape index (κ1) is 20.8. The highest BCUT2D eigenvalue weighted by molar-refractivity contribution is 5.95. The van der Waals surface area contributed by atoms with Crippen LogP contribution in [-0.2, 0) is 4.79 Å². The summed E-state index contributed by atoms with van der Waals surface area (Å²) in [5.41, 5.74) is 3.96. The molecule has 3 heterocycles. The van der Waals surface area contributed by atoms with E-state index in [9.17, 15) is 9.59 Å². The van der Waals surface area contributed by atoms with E-state index >= 15 is 0 Å². The second kappa shape index (κ2) is 9.12. The zero-order valence-electron chi connectivity index (χ0n) is 17.8. The molecule has 2 N–H and O–H groups in total. The molecule has 31 heavy (non-hydrogen) atoms. The van der Waals surface area contributed by atoms with Crippen molar-refractivity contribution in [3.05, 3.63) is 66.1 Å². The van der Waals surface area contributed by atoms with Gasteiger partial charge in [0.15, 0.2) is 0 Å². The van der Waals surface area contributed by atoms with E-state index in [1.54, 1.807) is 23.4 Å². The van der Waals surface area contributed by atoms with Crippen LogP contribution in [0.3, 0.4) is 0 Å². The van der Waals surface area contributed by atoms with E-state index in [4.69, 9.17) is 0 Å². The summed E-state index contributed by atoms with van der Waals surface area (Å²) >= 11 is 0. The van der Waals surface area contributed by atoms with E-state index in [1.165, 1.54) is 5.56 Å². The van der Waals surface area contributed by atoms with Crippen molar-refractivity contribution in [3.63, 3.8) is 0 Å². The van der Waals surface area contributed by atoms with Gasteiger partial charge in [0, 0.05) is 36.7 Å². The van der Waals surface area contributed by atoms with Crippen LogP contribution in [0.15, 0.2) is 54.9 Å². The molecule has 1 aromatic carbocycles. The number of pyridine rings is 1. The van der Waals surface area contributed by atoms with E-state index in [1.807, 2.05) is 36.4 Å². The lowest BCUT2D eigenvalue weighted by molar-refractivity contribution is -0.121. The molecule has 1 fully saturated rings. The number of aromatic nitrogens is 3. The standard InChI is InChI=1S/C24H27N5O2/c1-16(2)17-7-9-20(10-8-17)26-23(30)19-6-4-12-29(15-19)24(31)22-13-21(27-28-22)18-5-3-11-25-14-18/h3,5,7-11,13-14,16,19H,4,6,12,15H2,1-2H3,(H,26,30)(H,27,28)/t19-/m0/s1. The van der Waals surface area contributed by atoms with E-state index < -0.39 is 0 Å². The van der Waals surface area contributed by atoms with Crippen LogP contribution >= 0.6 is 0 Å². The number of carbonyl (C=O) groups excluding carboxylic acids is 2. The first-order valence-corrected chi connectivity index (χ1v) is 10.7. The van der Waals surface area contributed by atoms with E-state index in [0.29, 0.717) is 30.4 Å². The molecule has 7 heteroatoms. The number of amides is 2. The van der Waals surface area contributed by atoms with Gasteiger partial charge in [-0.3, -0.25) is 19.7 Å². The predicted molar refractivity (Wildman–Crippen MR) is 120 cm³/mol. The second-order valence-corrected chi connectivity index (χ2v) is 8.26. The molecular weight excluding hydrogens is 390 g/mol. The lowest BCUT2D eigenvalue weighted by Crippen LogP contribution is -2.43. The molecule has 4 rings (SSSR count). The fraction of sp³-hybridized carbons (Fsp3) is 0.333. The van der Waals surface area contributed by atoms with Gasteiger partial charge in [-0.25, -0.2) is 0 Å². The minimum atomic E-state index is -0.233. The van der Waals surface area contributed by atoms with Gasteiger partial charge in [0.05, 0.1) is 11.6 Å². The fourth-order valence-electron chi connectivity index (χ4n) is 3.84. The van der Waals surface area contributed by atoms with Gasteiger partial charge in [-0.05, 0) is 54.7 Å². The van der Waals surface area contributed by atoms with E-state index in [2.05, 4.69) is 34.3 Å². The normalized spacial score (nSPS) is 16.4. The topological polar surface area (TPSA) is 91.0 Å². The van der Waals surface area contributed by atoms with Crippen LogP contribution in [0.2, 0.25) is 0 Å². The molecule has 2 aromatic heterocycles. The predicted octanol–water partition coefficient (Wildman–Crippen LogP) is 4.09. The number of anilines is 1. The number of benzene rings is 1. The van der Waals surface area contributed by atoms with Gasteiger partial charge < -0.3 is 10.2 Å². The Morgan fingerprint density at radius 3 is 2.71 bits per heavy atom. The molecule has 160 valence electrons. The van der Waals surface area contributed by atoms with Crippen LogP contribution in [0.5, 0.6) is 0 Å². The van der Waals surface area contributed by atoms with Crippen LogP contribution in [-0.4, -0.2) is 45.0 Å². The SMILES string of the molecule is CC(C)c1ccc(NC(=O)[C@H]2CCCN(C(=O)c3cc(-c4cccnc4)n[nH]3)C2)cc1. The molecular formula is C24H27N5O2. The Morgan fingerprint density at radius 1 is 1.19 bits per heavy atom. The third-order valence-electron chi connectivity index (χ3n) is 5.69. The lowest BCUT2D eigenvalue weighted by Gasteiger charge is -2.31. The van der Waals surface area contributed by atoms with Crippen LogP contribution in [0.25, 0.3) is 11.3 Å². The molecule has 2 amide bonds. The maximum Gasteiger partial charge on any atom is 0.271 e. The molecule has 1 aliphatic heterocycles. The zero-order chi connectivity index (χ0) is 21.8. The Labute approximate surface area is 181 Å². The third kappa shape index (κ3) is 4.82. The molecule has 7 nitrogen and oxygen atoms in total. The summed E-state index contributed by atoms with van der Waals surface area (Å²) in [5, 5.41) is 10.1. The first-order valence-electron chi connectivity index (χ1n) is 10.7. The maximum atomic E-state index is 13.0. The van der Waals surface area contributed by atoms with Gasteiger partial charge in [0.2, 0.25) is 5.91 Å². The zero-order valence-corrected chi connectivity index (χ0v) is 17.8. The highest BCUT2D eigenvalue weighted by atomic mass is 16.2. The maximum absolute atomic E-state index is 13.0. The van der Waals surface area contributed by atoms with Gasteiger partial charge in [0.1, 0.15) is 5.69 Å². The average molecular weight is 418 g/mol. The average Bonchev–Trinajstić information content (AvgIpc) is 3.30. The number of nitrogens with one attached hydrogen (secondary N) is 2. The number of nitrogens with zero attached hydrogens (tertiary/aromatic N) is 3. The van der Waals surface area contributed by atoms with Crippen molar-refractivity contribution in [3.8, 4) is 11.3 Å². The molecule has 0 spiro atoms. The number of aromatic amines is 1. The van der Waals surface area contributed by atoms with Gasteiger partial charge in [-0.1, -0.05) is 26.0 Å². The molecule has 0 bridgehead atoms. The summed E-state index contributed by atoms with van der Waals surface area (Å²) in [6.07, 6.45) is 4.96. The second-order valence-electron chi connectivity index (χ2n) is 8.26. The Hall–Kier alpha value is -3.48. The largest absolute Gasteiger partial charge is 0.337 e. The number of piperidine rings is 1. The van der Waals surface area contributed by atoms with Crippen LogP contribution in [0, 0.1) is 5.92 Å². The highest BCUT2D eigenvalue weighted by Crippen LogP contribution is 2.23. The number of hydrogen-bond donors (Lipinski definition) is 2. The van der Waals surface area contributed by atoms with E-state index in [-0.39, 0.29) is 17.7 Å². The Bertz CT molecular complexity index is 1040. The van der Waals surface area contributed by atoms with Crippen LogP contribution < -0.4 is 5.32 Å². The summed E-state index contributed by atoms with van der Waals surface area (Å²) in [4.78, 5) is 31.6. The van der Waals surface area contributed by atoms with Gasteiger partial charge in [-0.2, -0.15) is 5.10 Å². The molecule has 1 aliphatic rings. The molecule has 1 atom stereocenters. The summed E-state index contributed by atoms with van der Waals surface area (Å²) < 4.78 is 0. The summed E-state index contributed by atoms with van der Waals surface area (Å²) in [7, 11) is 0. The van der Waals surface area contributed by atoms with Crippen molar-refractivity contribution in [2.75, 3.05) is 18.4 Å². The minimum absolute atomic E-state index is 0.0459. The Kier molecular flexibility index (Phi) is 6.11. The van der Waals surface area contributed by atoms with E-state index in [0.717, 1.165) is 24.1 Å². The first-order chi connectivity index (χ1) is 15.0. The molecule has 1 saturated heterocycles. The number of hydrogen-bond acceptors (Lipinski definition) is 4. The Balaban J connectivity index is 1.39. The van der Waals surface area contributed by atoms with Crippen LogP contribution in [0.1, 0.15) is 48.7 Å². The highest BCUT2D eigenvalue weighted by Gasteiger charge is 2.29. The number of rotatable bonds is 5. The number of likely N-dealkylation sites (tertiary alicyclic amines) is 1. The van der Waals surface area contributed by atoms with Crippen molar-refractivity contribution >= 4 is 17.5 Å². The fourth-order valence-corrected chi connectivity index (χ4v) is 3.84. The number of carbonyl (C=O) groups is 2. The van der Waals surface area contributed by atoms with Crippen molar-refractivity contribution in [1.29, 1.82) is 0 Å². The van der Waals surface area contributed by atoms with Crippen molar-refractivity contribution in [2.24, 2.45) is 5.92 Å². The van der Waals surface area contributed by atoms with Crippen LogP contribution in [0.4, 0.5) is 5.69 Å². The van der Waals surface area contributed by atoms with Crippen molar-refractivity contribution in [2.45, 2.75) is 32.6 Å². The monoisotopic (exact) mass is 417 g/mol. The number of H-pyrrole nitrogens is 1. The van der Waals surface area contributed by atoms with Crippen molar-refractivity contribution < 1.29 is 9.59 Å². The van der Waals surface area contributed by atoms with Gasteiger partial charge >= 0.3 is 0 Å². The molecule has 0 unspecified atom stereocenters.